The van der Waals surface area contributed by atoms with Crippen LogP contribution in [0.15, 0.2) is 0 Å². The SMILES string of the molecule is CC.C[PH2+]O. The second-order valence-corrected chi connectivity index (χ2v) is 0.775. The van der Waals surface area contributed by atoms with E-state index in [2.05, 4.69) is 0 Å². The maximum absolute atomic E-state index is 7.65. The Kier molecular flexibility index (Phi) is 47.2. The van der Waals surface area contributed by atoms with Gasteiger partial charge >= 0.3 is 0 Å². The molecule has 0 fully saturated rings. The van der Waals surface area contributed by atoms with Gasteiger partial charge < -0.3 is 0 Å². The third-order valence-electron chi connectivity index (χ3n) is 0. The quantitative estimate of drug-likeness (QED) is 0.444. The standard InChI is InChI=1S/C2H6.CH5OP/c1-2;1-3-2/h1-2H3;2-3H,1H3/p+1. The predicted octanol–water partition coefficient (Wildman–Crippen LogP) is 0.960. The summed E-state index contributed by atoms with van der Waals surface area (Å²) in [4.78, 5) is 7.65. The summed E-state index contributed by atoms with van der Waals surface area (Å²) in [5.74, 6) is 0. The van der Waals surface area contributed by atoms with Crippen molar-refractivity contribution in [2.75, 3.05) is 6.66 Å². The Morgan fingerprint density at radius 1 is 1.40 bits per heavy atom. The summed E-state index contributed by atoms with van der Waals surface area (Å²) in [6, 6.07) is 0. The molecule has 5 heavy (non-hydrogen) atoms. The molecule has 0 rings (SSSR count). The van der Waals surface area contributed by atoms with Crippen molar-refractivity contribution in [2.45, 2.75) is 13.8 Å². The lowest BCUT2D eigenvalue weighted by Crippen LogP contribution is -1.21. The fourth-order valence-corrected chi connectivity index (χ4v) is 0. The lowest BCUT2D eigenvalue weighted by molar-refractivity contribution is 0.651. The molecule has 0 aliphatic carbocycles. The van der Waals surface area contributed by atoms with Crippen LogP contribution in [0, 0.1) is 0 Å². The molecule has 0 aromatic rings. The molecule has 1 atom stereocenters. The molecule has 34 valence electrons. The molecule has 0 aliphatic heterocycles. The highest BCUT2D eigenvalue weighted by molar-refractivity contribution is 7.29. The van der Waals surface area contributed by atoms with E-state index in [4.69, 9.17) is 4.89 Å². The van der Waals surface area contributed by atoms with Gasteiger partial charge in [0.25, 0.3) is 0 Å². The van der Waals surface area contributed by atoms with E-state index < -0.39 is 0 Å². The first-order chi connectivity index (χ1) is 2.41. The fourth-order valence-electron chi connectivity index (χ4n) is 0. The average molecular weight is 95.1 g/mol. The Bertz CT molecular complexity index is 6.85. The van der Waals surface area contributed by atoms with Crippen LogP contribution in [0.1, 0.15) is 13.8 Å². The number of hydrogen-bond donors (Lipinski definition) is 1. The average Bonchev–Trinajstić information content (AvgIpc) is 1.46. The van der Waals surface area contributed by atoms with E-state index in [1.807, 2.05) is 13.8 Å². The molecule has 0 aromatic heterocycles. The molecular formula is C3H12OP+. The van der Waals surface area contributed by atoms with Gasteiger partial charge in [-0.25, -0.2) is 0 Å². The Morgan fingerprint density at radius 3 is 1.40 bits per heavy atom. The van der Waals surface area contributed by atoms with Gasteiger partial charge in [0.2, 0.25) is 0 Å². The summed E-state index contributed by atoms with van der Waals surface area (Å²) in [7, 11) is -0.250. The molecule has 0 amide bonds. The first-order valence-electron chi connectivity index (χ1n) is 1.84. The maximum Gasteiger partial charge on any atom is 0.113 e. The predicted molar refractivity (Wildman–Crippen MR) is 29.2 cm³/mol. The molecule has 0 radical (unpaired) electrons. The first-order valence-corrected chi connectivity index (χ1v) is 3.51. The minimum absolute atomic E-state index is 0.250. The zero-order chi connectivity index (χ0) is 4.71. The molecule has 0 aromatic carbocycles. The summed E-state index contributed by atoms with van der Waals surface area (Å²) in [5.41, 5.74) is 0. The van der Waals surface area contributed by atoms with Crippen LogP contribution in [0.2, 0.25) is 0 Å². The van der Waals surface area contributed by atoms with Crippen molar-refractivity contribution < 1.29 is 4.89 Å². The highest BCUT2D eigenvalue weighted by Crippen LogP contribution is 1.83. The van der Waals surface area contributed by atoms with Gasteiger partial charge in [-0.05, 0) is 0 Å². The molecule has 0 spiro atoms. The van der Waals surface area contributed by atoms with Gasteiger partial charge in [-0.2, -0.15) is 0 Å². The Balaban J connectivity index is 0. The van der Waals surface area contributed by atoms with Gasteiger partial charge in [0.05, 0.1) is 6.66 Å². The number of hydrogen-bond acceptors (Lipinski definition) is 1. The van der Waals surface area contributed by atoms with Crippen LogP contribution in [0.25, 0.3) is 0 Å². The normalized spacial score (nSPS) is 7.20. The Hall–Kier alpha value is 0.390. The van der Waals surface area contributed by atoms with Crippen LogP contribution < -0.4 is 0 Å². The molecule has 0 saturated heterocycles. The summed E-state index contributed by atoms with van der Waals surface area (Å²) in [6.07, 6.45) is 0. The molecule has 2 heteroatoms. The zero-order valence-electron chi connectivity index (χ0n) is 4.02. The van der Waals surface area contributed by atoms with Gasteiger partial charge in [-0.15, -0.1) is 0 Å². The maximum atomic E-state index is 7.65. The minimum atomic E-state index is -0.250. The topological polar surface area (TPSA) is 20.2 Å². The van der Waals surface area contributed by atoms with E-state index >= 15 is 0 Å². The molecule has 1 unspecified atom stereocenters. The summed E-state index contributed by atoms with van der Waals surface area (Å²) in [5, 5.41) is 0. The van der Waals surface area contributed by atoms with Crippen molar-refractivity contribution in [1.29, 1.82) is 0 Å². The molecular weight excluding hydrogens is 83.0 g/mol. The summed E-state index contributed by atoms with van der Waals surface area (Å²) >= 11 is 0. The van der Waals surface area contributed by atoms with Crippen LogP contribution in [-0.2, 0) is 0 Å². The first kappa shape index (κ1) is 9.04. The van der Waals surface area contributed by atoms with Crippen molar-refractivity contribution in [3.63, 3.8) is 0 Å². The van der Waals surface area contributed by atoms with Crippen LogP contribution in [0.4, 0.5) is 0 Å². The van der Waals surface area contributed by atoms with E-state index in [0.717, 1.165) is 0 Å². The highest BCUT2D eigenvalue weighted by atomic mass is 31.1. The smallest absolute Gasteiger partial charge is 0.113 e. The van der Waals surface area contributed by atoms with Crippen LogP contribution in [0.5, 0.6) is 0 Å². The largest absolute Gasteiger partial charge is 0.257 e. The van der Waals surface area contributed by atoms with E-state index in [1.54, 1.807) is 6.66 Å². The third kappa shape index (κ3) is 165. The van der Waals surface area contributed by atoms with Crippen LogP contribution in [0.3, 0.4) is 0 Å². The van der Waals surface area contributed by atoms with Gasteiger partial charge in [0.15, 0.2) is 0 Å². The van der Waals surface area contributed by atoms with Gasteiger partial charge in [0, 0.05) is 0 Å². The van der Waals surface area contributed by atoms with Crippen molar-refractivity contribution in [2.24, 2.45) is 0 Å². The molecule has 0 bridgehead atoms. The van der Waals surface area contributed by atoms with E-state index in [-0.39, 0.29) is 8.81 Å². The number of rotatable bonds is 0. The van der Waals surface area contributed by atoms with Gasteiger partial charge in [0.1, 0.15) is 8.81 Å². The summed E-state index contributed by atoms with van der Waals surface area (Å²) < 4.78 is 0. The second kappa shape index (κ2) is 26.1. The van der Waals surface area contributed by atoms with Gasteiger partial charge in [-0.3, -0.25) is 4.89 Å². The minimum Gasteiger partial charge on any atom is -0.257 e. The third-order valence-corrected chi connectivity index (χ3v) is 0. The molecule has 0 heterocycles. The molecule has 1 nitrogen and oxygen atoms in total. The zero-order valence-corrected chi connectivity index (χ0v) is 5.18. The van der Waals surface area contributed by atoms with E-state index in [0.29, 0.717) is 0 Å². The van der Waals surface area contributed by atoms with Crippen molar-refractivity contribution in [3.05, 3.63) is 0 Å². The van der Waals surface area contributed by atoms with Crippen molar-refractivity contribution in [3.8, 4) is 0 Å². The van der Waals surface area contributed by atoms with Crippen molar-refractivity contribution >= 4 is 8.81 Å². The van der Waals surface area contributed by atoms with Crippen LogP contribution >= 0.6 is 8.81 Å². The molecule has 1 N–H and O–H groups in total. The highest BCUT2D eigenvalue weighted by Gasteiger charge is 1.44. The Labute approximate surface area is 35.3 Å². The summed E-state index contributed by atoms with van der Waals surface area (Å²) in [6.45, 7) is 5.76. The molecule has 0 aliphatic rings. The van der Waals surface area contributed by atoms with E-state index in [9.17, 15) is 0 Å². The van der Waals surface area contributed by atoms with E-state index in [1.165, 1.54) is 0 Å². The molecule has 0 saturated carbocycles. The van der Waals surface area contributed by atoms with Crippen molar-refractivity contribution in [1.82, 2.24) is 0 Å². The monoisotopic (exact) mass is 95.1 g/mol. The van der Waals surface area contributed by atoms with Crippen LogP contribution in [-0.4, -0.2) is 11.6 Å². The second-order valence-electron chi connectivity index (χ2n) is 0.258. The lowest BCUT2D eigenvalue weighted by atomic mass is 11.0. The Morgan fingerprint density at radius 2 is 1.40 bits per heavy atom. The fraction of sp³-hybridized carbons (Fsp3) is 1.00. The van der Waals surface area contributed by atoms with Gasteiger partial charge in [-0.1, -0.05) is 13.8 Å². The lowest BCUT2D eigenvalue weighted by Gasteiger charge is -1.42.